The van der Waals surface area contributed by atoms with Gasteiger partial charge >= 0.3 is 22.4 Å². The Bertz CT molecular complexity index is 155. The second kappa shape index (κ2) is 18.4. The summed E-state index contributed by atoms with van der Waals surface area (Å²) in [5.41, 5.74) is 0. The smallest absolute Gasteiger partial charge is 1.00 e. The minimum Gasteiger partial charge on any atom is -1.00 e. The van der Waals surface area contributed by atoms with E-state index in [4.69, 9.17) is 0 Å². The molecule has 0 unspecified atom stereocenters. The van der Waals surface area contributed by atoms with E-state index < -0.39 is 0 Å². The van der Waals surface area contributed by atoms with Crippen LogP contribution < -0.4 is 0 Å². The Morgan fingerprint density at radius 2 is 0.714 bits per heavy atom. The standard InChI is InChI=1S/2C5H5.3B.Nb/c2*1-2-4-5-3-1;;;;/h2*1-5H;;;;/q5*-1;+5. The fourth-order valence-electron chi connectivity index (χ4n) is 0.642. The molecule has 12 radical (unpaired) electrons. The van der Waals surface area contributed by atoms with Gasteiger partial charge in [-0.05, 0) is 0 Å². The van der Waals surface area contributed by atoms with Crippen molar-refractivity contribution >= 4 is 25.2 Å². The van der Waals surface area contributed by atoms with E-state index in [1.165, 1.54) is 0 Å². The molecular weight excluding hydrogens is 245 g/mol. The fraction of sp³-hybridized carbons (Fsp3) is 0. The predicted octanol–water partition coefficient (Wildman–Crippen LogP) is 1.67. The van der Waals surface area contributed by atoms with Crippen molar-refractivity contribution in [1.29, 1.82) is 0 Å². The van der Waals surface area contributed by atoms with Gasteiger partial charge in [-0.15, -0.1) is 0 Å². The van der Waals surface area contributed by atoms with Crippen molar-refractivity contribution in [3.05, 3.63) is 60.7 Å². The molecule has 0 nitrogen and oxygen atoms in total. The van der Waals surface area contributed by atoms with Crippen molar-refractivity contribution in [2.45, 2.75) is 0 Å². The quantitative estimate of drug-likeness (QED) is 0.496. The average molecular weight is 256 g/mol. The van der Waals surface area contributed by atoms with E-state index in [9.17, 15) is 0 Å². The van der Waals surface area contributed by atoms with E-state index in [1.54, 1.807) is 0 Å². The summed E-state index contributed by atoms with van der Waals surface area (Å²) < 4.78 is 0. The van der Waals surface area contributed by atoms with Crippen LogP contribution in [0.5, 0.6) is 0 Å². The van der Waals surface area contributed by atoms with Gasteiger partial charge in [-0.3, -0.25) is 0 Å². The summed E-state index contributed by atoms with van der Waals surface area (Å²) in [6.07, 6.45) is 0. The molecule has 0 aliphatic carbocycles. The molecule has 0 N–H and O–H groups in total. The normalized spacial score (nSPS) is 5.71. The summed E-state index contributed by atoms with van der Waals surface area (Å²) in [4.78, 5) is 0. The van der Waals surface area contributed by atoms with Crippen LogP contribution in [0, 0.1) is 0 Å². The number of hydrogen-bond acceptors (Lipinski definition) is 0. The topological polar surface area (TPSA) is 0 Å². The van der Waals surface area contributed by atoms with E-state index >= 15 is 0 Å². The van der Waals surface area contributed by atoms with Crippen LogP contribution >= 0.6 is 0 Å². The summed E-state index contributed by atoms with van der Waals surface area (Å²) in [5, 5.41) is 0. The molecule has 0 saturated carbocycles. The molecule has 0 bridgehead atoms. The van der Waals surface area contributed by atoms with Crippen molar-refractivity contribution in [3.63, 3.8) is 0 Å². The van der Waals surface area contributed by atoms with Gasteiger partial charge in [-0.25, -0.2) is 24.3 Å². The Hall–Kier alpha value is -0.365. The molecule has 0 amide bonds. The van der Waals surface area contributed by atoms with Crippen LogP contribution in [0.3, 0.4) is 0 Å². The van der Waals surface area contributed by atoms with Crippen molar-refractivity contribution in [1.82, 2.24) is 0 Å². The average Bonchev–Trinajstić information content (AvgIpc) is 2.67. The molecule has 4 heteroatoms. The van der Waals surface area contributed by atoms with Crippen molar-refractivity contribution < 1.29 is 22.4 Å². The van der Waals surface area contributed by atoms with Crippen molar-refractivity contribution in [2.24, 2.45) is 0 Å². The third kappa shape index (κ3) is 14.2. The zero-order chi connectivity index (χ0) is 7.07. The number of rotatable bonds is 0. The molecule has 14 heavy (non-hydrogen) atoms. The van der Waals surface area contributed by atoms with E-state index in [2.05, 4.69) is 0 Å². The molecule has 0 saturated heterocycles. The van der Waals surface area contributed by atoms with Gasteiger partial charge in [-0.2, -0.15) is 36.4 Å². The molecule has 0 heterocycles. The third-order valence-electron chi connectivity index (χ3n) is 1.11. The minimum atomic E-state index is 0. The van der Waals surface area contributed by atoms with Crippen LogP contribution in [0.2, 0.25) is 0 Å². The molecule has 2 aromatic rings. The Labute approximate surface area is 108 Å². The molecular formula is C10H10B3Nb. The van der Waals surface area contributed by atoms with E-state index in [0.717, 1.165) is 0 Å². The summed E-state index contributed by atoms with van der Waals surface area (Å²) in [7, 11) is 0. The first-order valence-corrected chi connectivity index (χ1v) is 3.33. The molecule has 0 fully saturated rings. The van der Waals surface area contributed by atoms with Gasteiger partial charge in [0.2, 0.25) is 0 Å². The Kier molecular flexibility index (Phi) is 30.9. The van der Waals surface area contributed by atoms with Crippen molar-refractivity contribution in [2.75, 3.05) is 0 Å². The Morgan fingerprint density at radius 3 is 0.786 bits per heavy atom. The first-order chi connectivity index (χ1) is 5.00. The van der Waals surface area contributed by atoms with E-state index in [1.807, 2.05) is 60.7 Å². The molecule has 0 aromatic heterocycles. The van der Waals surface area contributed by atoms with E-state index in [-0.39, 0.29) is 47.6 Å². The predicted molar refractivity (Wildman–Crippen MR) is 61.3 cm³/mol. The van der Waals surface area contributed by atoms with Gasteiger partial charge in [0.1, 0.15) is 0 Å². The van der Waals surface area contributed by atoms with Crippen LogP contribution in [-0.4, -0.2) is 25.2 Å². The summed E-state index contributed by atoms with van der Waals surface area (Å²) in [5.74, 6) is 0. The maximum Gasteiger partial charge on any atom is 5.00 e. The van der Waals surface area contributed by atoms with Gasteiger partial charge in [0, 0.05) is 0 Å². The zero-order valence-electron chi connectivity index (χ0n) is 7.95. The fourth-order valence-corrected chi connectivity index (χ4v) is 0.642. The minimum absolute atomic E-state index is 0. The molecule has 0 aliphatic rings. The maximum atomic E-state index is 2.00. The van der Waals surface area contributed by atoms with Gasteiger partial charge < -0.3 is 25.2 Å². The van der Waals surface area contributed by atoms with Crippen LogP contribution in [0.25, 0.3) is 0 Å². The third-order valence-corrected chi connectivity index (χ3v) is 1.11. The van der Waals surface area contributed by atoms with E-state index in [0.29, 0.717) is 0 Å². The monoisotopic (exact) mass is 256 g/mol. The van der Waals surface area contributed by atoms with Crippen molar-refractivity contribution in [3.8, 4) is 0 Å². The van der Waals surface area contributed by atoms with Crippen LogP contribution in [-0.2, 0) is 22.4 Å². The first kappa shape index (κ1) is 23.4. The SMILES string of the molecule is [B-].[B-].[B-].[Nb+5].c1cc[cH-]c1.c1cc[cH-]c1. The molecule has 0 spiro atoms. The van der Waals surface area contributed by atoms with Gasteiger partial charge in [0.05, 0.1) is 0 Å². The molecule has 0 atom stereocenters. The second-order valence-corrected chi connectivity index (χ2v) is 1.92. The number of hydrogen-bond donors (Lipinski definition) is 0. The molecule has 64 valence electrons. The Morgan fingerprint density at radius 1 is 0.500 bits per heavy atom. The summed E-state index contributed by atoms with van der Waals surface area (Å²) in [6, 6.07) is 20.0. The van der Waals surface area contributed by atoms with Crippen LogP contribution in [0.15, 0.2) is 60.7 Å². The van der Waals surface area contributed by atoms with Gasteiger partial charge in [0.25, 0.3) is 0 Å². The van der Waals surface area contributed by atoms with Gasteiger partial charge in [0.15, 0.2) is 0 Å². The largest absolute Gasteiger partial charge is 5.00 e. The van der Waals surface area contributed by atoms with Crippen LogP contribution in [0.4, 0.5) is 0 Å². The molecule has 2 rings (SSSR count). The summed E-state index contributed by atoms with van der Waals surface area (Å²) in [6.45, 7) is 0. The molecule has 2 aromatic carbocycles. The molecule has 0 aliphatic heterocycles. The van der Waals surface area contributed by atoms with Gasteiger partial charge in [-0.1, -0.05) is 0 Å². The summed E-state index contributed by atoms with van der Waals surface area (Å²) >= 11 is 0. The van der Waals surface area contributed by atoms with Crippen LogP contribution in [0.1, 0.15) is 0 Å². The zero-order valence-corrected chi connectivity index (χ0v) is 10.2. The maximum absolute atomic E-state index is 2.00. The Balaban J connectivity index is -0.0000000556. The second-order valence-electron chi connectivity index (χ2n) is 1.92. The first-order valence-electron chi connectivity index (χ1n) is 3.33.